The molecule has 0 aliphatic carbocycles. The van der Waals surface area contributed by atoms with Crippen LogP contribution in [-0.2, 0) is 16.1 Å². The first-order chi connectivity index (χ1) is 10.7. The number of carbonyl (C=O) groups is 2. The zero-order valence-corrected chi connectivity index (χ0v) is 12.8. The highest BCUT2D eigenvalue weighted by atomic mass is 16.2. The third kappa shape index (κ3) is 3.14. The second-order valence-electron chi connectivity index (χ2n) is 6.34. The number of hydrogen-bond acceptors (Lipinski definition) is 3. The van der Waals surface area contributed by atoms with Crippen molar-refractivity contribution in [1.29, 1.82) is 0 Å². The Bertz CT molecular complexity index is 546. The Hall–Kier alpha value is -1.88. The molecule has 3 rings (SSSR count). The van der Waals surface area contributed by atoms with E-state index < -0.39 is 0 Å². The van der Waals surface area contributed by atoms with Crippen LogP contribution in [0.15, 0.2) is 30.3 Å². The molecule has 2 atom stereocenters. The zero-order chi connectivity index (χ0) is 15.5. The minimum atomic E-state index is -0.187. The van der Waals surface area contributed by atoms with Crippen LogP contribution in [0.5, 0.6) is 0 Å². The van der Waals surface area contributed by atoms with Gasteiger partial charge in [-0.05, 0) is 24.4 Å². The maximum atomic E-state index is 12.6. The molecule has 2 amide bonds. The standard InChI is InChI=1S/C17H23N3O2/c18-9-14-6-7-19(11-14)17(22)15-8-16(21)20(12-15)10-13-4-2-1-3-5-13/h1-5,14-15H,6-12,18H2. The van der Waals surface area contributed by atoms with E-state index in [4.69, 9.17) is 5.73 Å². The van der Waals surface area contributed by atoms with E-state index in [0.29, 0.717) is 32.0 Å². The Labute approximate surface area is 131 Å². The normalized spacial score (nSPS) is 25.0. The minimum Gasteiger partial charge on any atom is -0.342 e. The molecule has 0 radical (unpaired) electrons. The van der Waals surface area contributed by atoms with Gasteiger partial charge in [-0.15, -0.1) is 0 Å². The molecule has 2 N–H and O–H groups in total. The van der Waals surface area contributed by atoms with Crippen LogP contribution in [0.2, 0.25) is 0 Å². The first-order valence-electron chi connectivity index (χ1n) is 7.98. The van der Waals surface area contributed by atoms with Crippen LogP contribution in [0, 0.1) is 11.8 Å². The summed E-state index contributed by atoms with van der Waals surface area (Å²) in [6.07, 6.45) is 1.33. The van der Waals surface area contributed by atoms with E-state index in [0.717, 1.165) is 25.1 Å². The average molecular weight is 301 g/mol. The van der Waals surface area contributed by atoms with E-state index in [1.165, 1.54) is 0 Å². The largest absolute Gasteiger partial charge is 0.342 e. The quantitative estimate of drug-likeness (QED) is 0.896. The Morgan fingerprint density at radius 3 is 2.68 bits per heavy atom. The Morgan fingerprint density at radius 2 is 2.00 bits per heavy atom. The van der Waals surface area contributed by atoms with Gasteiger partial charge in [-0.2, -0.15) is 0 Å². The van der Waals surface area contributed by atoms with E-state index in [1.807, 2.05) is 35.2 Å². The lowest BCUT2D eigenvalue weighted by Gasteiger charge is -2.21. The predicted molar refractivity (Wildman–Crippen MR) is 83.7 cm³/mol. The molecule has 1 aromatic carbocycles. The number of rotatable bonds is 4. The number of hydrogen-bond donors (Lipinski definition) is 1. The molecule has 2 aliphatic heterocycles. The van der Waals surface area contributed by atoms with Gasteiger partial charge in [0.1, 0.15) is 0 Å². The summed E-state index contributed by atoms with van der Waals surface area (Å²) in [4.78, 5) is 28.4. The molecule has 5 nitrogen and oxygen atoms in total. The molecule has 0 bridgehead atoms. The van der Waals surface area contributed by atoms with Crippen LogP contribution in [0.25, 0.3) is 0 Å². The maximum absolute atomic E-state index is 12.6. The molecule has 2 fully saturated rings. The van der Waals surface area contributed by atoms with E-state index in [-0.39, 0.29) is 17.7 Å². The van der Waals surface area contributed by atoms with Crippen molar-refractivity contribution in [3.05, 3.63) is 35.9 Å². The molecule has 0 saturated carbocycles. The number of nitrogens with zero attached hydrogens (tertiary/aromatic N) is 2. The van der Waals surface area contributed by atoms with Crippen molar-refractivity contribution < 1.29 is 9.59 Å². The van der Waals surface area contributed by atoms with Gasteiger partial charge in [0.05, 0.1) is 5.92 Å². The van der Waals surface area contributed by atoms with E-state index >= 15 is 0 Å². The smallest absolute Gasteiger partial charge is 0.228 e. The molecule has 2 heterocycles. The van der Waals surface area contributed by atoms with Gasteiger partial charge in [0.2, 0.25) is 11.8 Å². The van der Waals surface area contributed by atoms with Crippen LogP contribution in [-0.4, -0.2) is 47.8 Å². The summed E-state index contributed by atoms with van der Waals surface area (Å²) in [5.74, 6) is 0.436. The second kappa shape index (κ2) is 6.48. The maximum Gasteiger partial charge on any atom is 0.228 e. The molecule has 2 aliphatic rings. The third-order valence-electron chi connectivity index (χ3n) is 4.71. The number of nitrogens with two attached hydrogens (primary N) is 1. The Balaban J connectivity index is 1.58. The fourth-order valence-electron chi connectivity index (χ4n) is 3.38. The van der Waals surface area contributed by atoms with Gasteiger partial charge < -0.3 is 15.5 Å². The summed E-state index contributed by atoms with van der Waals surface area (Å²) >= 11 is 0. The molecule has 0 aromatic heterocycles. The molecule has 118 valence electrons. The number of amides is 2. The summed E-state index contributed by atoms with van der Waals surface area (Å²) < 4.78 is 0. The number of carbonyl (C=O) groups excluding carboxylic acids is 2. The fourth-order valence-corrected chi connectivity index (χ4v) is 3.38. The molecule has 1 aromatic rings. The minimum absolute atomic E-state index is 0.0803. The van der Waals surface area contributed by atoms with Crippen LogP contribution in [0.3, 0.4) is 0 Å². The first kappa shape index (κ1) is 15.0. The Kier molecular flexibility index (Phi) is 4.43. The average Bonchev–Trinajstić information content (AvgIpc) is 3.15. The highest BCUT2D eigenvalue weighted by molar-refractivity contribution is 5.89. The molecule has 2 saturated heterocycles. The summed E-state index contributed by atoms with van der Waals surface area (Å²) in [5, 5.41) is 0. The van der Waals surface area contributed by atoms with Crippen molar-refractivity contribution >= 4 is 11.8 Å². The van der Waals surface area contributed by atoms with Gasteiger partial charge >= 0.3 is 0 Å². The van der Waals surface area contributed by atoms with Crippen molar-refractivity contribution in [2.45, 2.75) is 19.4 Å². The molecule has 2 unspecified atom stereocenters. The molecule has 22 heavy (non-hydrogen) atoms. The first-order valence-corrected chi connectivity index (χ1v) is 7.98. The van der Waals surface area contributed by atoms with Crippen molar-refractivity contribution in [3.8, 4) is 0 Å². The SMILES string of the molecule is NCC1CCN(C(=O)C2CC(=O)N(Cc3ccccc3)C2)C1. The molecular weight excluding hydrogens is 278 g/mol. The monoisotopic (exact) mass is 301 g/mol. The topological polar surface area (TPSA) is 66.6 Å². The van der Waals surface area contributed by atoms with Crippen molar-refractivity contribution in [2.75, 3.05) is 26.2 Å². The molecule has 0 spiro atoms. The Morgan fingerprint density at radius 1 is 1.23 bits per heavy atom. The van der Waals surface area contributed by atoms with Crippen molar-refractivity contribution in [1.82, 2.24) is 9.80 Å². The van der Waals surface area contributed by atoms with Gasteiger partial charge in [-0.25, -0.2) is 0 Å². The van der Waals surface area contributed by atoms with Crippen LogP contribution >= 0.6 is 0 Å². The number of benzene rings is 1. The van der Waals surface area contributed by atoms with Gasteiger partial charge in [0.15, 0.2) is 0 Å². The van der Waals surface area contributed by atoms with Crippen molar-refractivity contribution in [3.63, 3.8) is 0 Å². The van der Waals surface area contributed by atoms with E-state index in [9.17, 15) is 9.59 Å². The predicted octanol–water partition coefficient (Wildman–Crippen LogP) is 0.842. The van der Waals surface area contributed by atoms with Crippen LogP contribution in [0.4, 0.5) is 0 Å². The number of likely N-dealkylation sites (tertiary alicyclic amines) is 2. The lowest BCUT2D eigenvalue weighted by molar-refractivity contribution is -0.135. The van der Waals surface area contributed by atoms with Crippen molar-refractivity contribution in [2.24, 2.45) is 17.6 Å². The van der Waals surface area contributed by atoms with Gasteiger partial charge in [-0.3, -0.25) is 9.59 Å². The molecule has 5 heteroatoms. The summed E-state index contributed by atoms with van der Waals surface area (Å²) in [6.45, 7) is 3.29. The highest BCUT2D eigenvalue weighted by Gasteiger charge is 2.38. The summed E-state index contributed by atoms with van der Waals surface area (Å²) in [5.41, 5.74) is 6.78. The van der Waals surface area contributed by atoms with Gasteiger partial charge in [-0.1, -0.05) is 30.3 Å². The third-order valence-corrected chi connectivity index (χ3v) is 4.71. The summed E-state index contributed by atoms with van der Waals surface area (Å²) in [7, 11) is 0. The lowest BCUT2D eigenvalue weighted by Crippen LogP contribution is -2.36. The van der Waals surface area contributed by atoms with Gasteiger partial charge in [0, 0.05) is 32.6 Å². The molecular formula is C17H23N3O2. The van der Waals surface area contributed by atoms with E-state index in [1.54, 1.807) is 4.90 Å². The highest BCUT2D eigenvalue weighted by Crippen LogP contribution is 2.25. The van der Waals surface area contributed by atoms with E-state index in [2.05, 4.69) is 0 Å². The fraction of sp³-hybridized carbons (Fsp3) is 0.529. The summed E-state index contributed by atoms with van der Waals surface area (Å²) in [6, 6.07) is 9.91. The lowest BCUT2D eigenvalue weighted by atomic mass is 10.1. The zero-order valence-electron chi connectivity index (χ0n) is 12.8. The van der Waals surface area contributed by atoms with Crippen LogP contribution < -0.4 is 5.73 Å². The van der Waals surface area contributed by atoms with Crippen LogP contribution in [0.1, 0.15) is 18.4 Å². The van der Waals surface area contributed by atoms with Gasteiger partial charge in [0.25, 0.3) is 0 Å². The second-order valence-corrected chi connectivity index (χ2v) is 6.34.